The first kappa shape index (κ1) is 7.68. The van der Waals surface area contributed by atoms with Crippen LogP contribution in [-0.4, -0.2) is 12.2 Å². The molecule has 0 atom stereocenters. The number of allylic oxidation sites excluding steroid dienone is 1. The zero-order valence-electron chi connectivity index (χ0n) is 5.05. The molecule has 0 saturated heterocycles. The summed E-state index contributed by atoms with van der Waals surface area (Å²) in [7, 11) is 0. The number of nitrogens with one attached hydrogen (secondary N) is 1. The van der Waals surface area contributed by atoms with Crippen LogP contribution >= 0.6 is 0 Å². The Hall–Kier alpha value is -1.32. The monoisotopic (exact) mass is 128 g/mol. The van der Waals surface area contributed by atoms with Gasteiger partial charge in [-0.15, -0.1) is 0 Å². The predicted molar refractivity (Wildman–Crippen MR) is 32.2 cm³/mol. The van der Waals surface area contributed by atoms with Gasteiger partial charge < -0.3 is 11.1 Å². The van der Waals surface area contributed by atoms with Gasteiger partial charge in [0.05, 0.1) is 5.70 Å². The van der Waals surface area contributed by atoms with Gasteiger partial charge >= 0.3 is 0 Å². The first-order valence-corrected chi connectivity index (χ1v) is 2.35. The van der Waals surface area contributed by atoms with Crippen LogP contribution in [0.1, 0.15) is 6.92 Å². The standard InChI is InChI=1S/C5H8N2O2/c1-4(9)7-5(2-6)3-8/h2-3H,6H2,1H3,(H,7,9)/b5-2-. The molecule has 1 amide bonds. The number of carbonyl (C=O) groups excluding carboxylic acids is 2. The average Bonchev–Trinajstić information content (AvgIpc) is 1.82. The molecule has 0 heterocycles. The van der Waals surface area contributed by atoms with Crippen LogP contribution in [0.4, 0.5) is 0 Å². The van der Waals surface area contributed by atoms with Crippen LogP contribution in [0.5, 0.6) is 0 Å². The molecular formula is C5H8N2O2. The topological polar surface area (TPSA) is 72.2 Å². The molecule has 0 aliphatic carbocycles. The molecule has 0 spiro atoms. The van der Waals surface area contributed by atoms with Crippen molar-refractivity contribution in [2.75, 3.05) is 0 Å². The molecule has 0 rings (SSSR count). The van der Waals surface area contributed by atoms with Crippen molar-refractivity contribution in [2.24, 2.45) is 5.73 Å². The molecule has 0 aliphatic rings. The molecule has 0 unspecified atom stereocenters. The molecule has 4 heteroatoms. The average molecular weight is 128 g/mol. The number of hydrogen-bond donors (Lipinski definition) is 2. The summed E-state index contributed by atoms with van der Waals surface area (Å²) in [6.45, 7) is 1.30. The van der Waals surface area contributed by atoms with Gasteiger partial charge in [-0.25, -0.2) is 0 Å². The molecule has 0 fully saturated rings. The Morgan fingerprint density at radius 2 is 2.22 bits per heavy atom. The SMILES string of the molecule is CC(=O)N/C(C=O)=C\N. The minimum absolute atomic E-state index is 0.0856. The van der Waals surface area contributed by atoms with Crippen molar-refractivity contribution < 1.29 is 9.59 Å². The van der Waals surface area contributed by atoms with Gasteiger partial charge in [0.2, 0.25) is 5.91 Å². The summed E-state index contributed by atoms with van der Waals surface area (Å²) in [6, 6.07) is 0. The highest BCUT2D eigenvalue weighted by Crippen LogP contribution is 1.76. The summed E-state index contributed by atoms with van der Waals surface area (Å²) in [6.07, 6.45) is 1.51. The van der Waals surface area contributed by atoms with Crippen LogP contribution in [0, 0.1) is 0 Å². The first-order valence-electron chi connectivity index (χ1n) is 2.35. The van der Waals surface area contributed by atoms with Crippen molar-refractivity contribution in [3.05, 3.63) is 11.9 Å². The Bertz CT molecular complexity index is 151. The van der Waals surface area contributed by atoms with Gasteiger partial charge in [-0.3, -0.25) is 9.59 Å². The number of hydrogen-bond acceptors (Lipinski definition) is 3. The number of carbonyl (C=O) groups is 2. The zero-order valence-corrected chi connectivity index (χ0v) is 5.05. The van der Waals surface area contributed by atoms with Gasteiger partial charge in [-0.05, 0) is 0 Å². The van der Waals surface area contributed by atoms with Crippen molar-refractivity contribution in [1.82, 2.24) is 5.32 Å². The molecule has 0 aromatic rings. The van der Waals surface area contributed by atoms with Crippen LogP contribution in [0.25, 0.3) is 0 Å². The number of aldehydes is 1. The van der Waals surface area contributed by atoms with Crippen LogP contribution in [0.15, 0.2) is 11.9 Å². The lowest BCUT2D eigenvalue weighted by Gasteiger charge is -1.95. The Labute approximate surface area is 52.7 Å². The van der Waals surface area contributed by atoms with E-state index in [9.17, 15) is 9.59 Å². The summed E-state index contributed by atoms with van der Waals surface area (Å²) < 4.78 is 0. The van der Waals surface area contributed by atoms with E-state index in [1.54, 1.807) is 0 Å². The minimum Gasteiger partial charge on any atom is -0.403 e. The summed E-state index contributed by atoms with van der Waals surface area (Å²) in [5, 5.41) is 2.21. The number of rotatable bonds is 2. The van der Waals surface area contributed by atoms with Crippen LogP contribution in [0.2, 0.25) is 0 Å². The molecule has 9 heavy (non-hydrogen) atoms. The van der Waals surface area contributed by atoms with Crippen LogP contribution < -0.4 is 11.1 Å². The summed E-state index contributed by atoms with van der Waals surface area (Å²) >= 11 is 0. The second-order valence-electron chi connectivity index (χ2n) is 1.42. The molecule has 4 nitrogen and oxygen atoms in total. The van der Waals surface area contributed by atoms with Gasteiger partial charge in [0.1, 0.15) is 0 Å². The molecule has 50 valence electrons. The Kier molecular flexibility index (Phi) is 3.12. The molecule has 0 bridgehead atoms. The zero-order chi connectivity index (χ0) is 7.28. The second kappa shape index (κ2) is 3.65. The normalized spacial score (nSPS) is 10.6. The van der Waals surface area contributed by atoms with E-state index in [4.69, 9.17) is 5.73 Å². The van der Waals surface area contributed by atoms with Crippen molar-refractivity contribution >= 4 is 12.2 Å². The third-order valence-corrected chi connectivity index (χ3v) is 0.627. The van der Waals surface area contributed by atoms with E-state index < -0.39 is 0 Å². The van der Waals surface area contributed by atoms with E-state index in [2.05, 4.69) is 5.32 Å². The highest BCUT2D eigenvalue weighted by molar-refractivity contribution is 5.84. The van der Waals surface area contributed by atoms with E-state index in [-0.39, 0.29) is 11.6 Å². The Morgan fingerprint density at radius 1 is 1.67 bits per heavy atom. The fraction of sp³-hybridized carbons (Fsp3) is 0.200. The molecule has 0 radical (unpaired) electrons. The van der Waals surface area contributed by atoms with Crippen molar-refractivity contribution in [1.29, 1.82) is 0 Å². The van der Waals surface area contributed by atoms with E-state index in [1.165, 1.54) is 6.92 Å². The molecule has 0 saturated carbocycles. The van der Waals surface area contributed by atoms with Gasteiger partial charge in [-0.1, -0.05) is 0 Å². The van der Waals surface area contributed by atoms with Crippen molar-refractivity contribution in [2.45, 2.75) is 6.92 Å². The molecule has 0 aliphatic heterocycles. The highest BCUT2D eigenvalue weighted by atomic mass is 16.2. The minimum atomic E-state index is -0.307. The lowest BCUT2D eigenvalue weighted by Crippen LogP contribution is -2.20. The number of nitrogens with two attached hydrogens (primary N) is 1. The van der Waals surface area contributed by atoms with E-state index in [0.717, 1.165) is 6.20 Å². The third kappa shape index (κ3) is 3.28. The van der Waals surface area contributed by atoms with Gasteiger partial charge in [0.15, 0.2) is 6.29 Å². The predicted octanol–water partition coefficient (Wildman–Crippen LogP) is -0.878. The van der Waals surface area contributed by atoms with Crippen molar-refractivity contribution in [3.63, 3.8) is 0 Å². The van der Waals surface area contributed by atoms with Crippen LogP contribution in [-0.2, 0) is 9.59 Å². The Morgan fingerprint density at radius 3 is 2.33 bits per heavy atom. The van der Waals surface area contributed by atoms with Crippen LogP contribution in [0.3, 0.4) is 0 Å². The van der Waals surface area contributed by atoms with E-state index in [0.29, 0.717) is 6.29 Å². The maximum absolute atomic E-state index is 10.2. The fourth-order valence-electron chi connectivity index (χ4n) is 0.314. The quantitative estimate of drug-likeness (QED) is 0.374. The highest BCUT2D eigenvalue weighted by Gasteiger charge is 1.93. The molecular weight excluding hydrogens is 120 g/mol. The lowest BCUT2D eigenvalue weighted by molar-refractivity contribution is -0.119. The maximum Gasteiger partial charge on any atom is 0.221 e. The van der Waals surface area contributed by atoms with E-state index in [1.807, 2.05) is 0 Å². The lowest BCUT2D eigenvalue weighted by atomic mass is 10.5. The van der Waals surface area contributed by atoms with E-state index >= 15 is 0 Å². The first-order chi connectivity index (χ1) is 4.20. The maximum atomic E-state index is 10.2. The largest absolute Gasteiger partial charge is 0.403 e. The number of amides is 1. The summed E-state index contributed by atoms with van der Waals surface area (Å²) in [5.41, 5.74) is 5.01. The molecule has 0 aromatic carbocycles. The van der Waals surface area contributed by atoms with Crippen molar-refractivity contribution in [3.8, 4) is 0 Å². The summed E-state index contributed by atoms with van der Waals surface area (Å²) in [4.78, 5) is 20.1. The smallest absolute Gasteiger partial charge is 0.221 e. The van der Waals surface area contributed by atoms with Gasteiger partial charge in [0.25, 0.3) is 0 Å². The van der Waals surface area contributed by atoms with Gasteiger partial charge in [0, 0.05) is 13.1 Å². The summed E-state index contributed by atoms with van der Waals surface area (Å²) in [5.74, 6) is -0.307. The second-order valence-corrected chi connectivity index (χ2v) is 1.42. The molecule has 3 N–H and O–H groups in total. The van der Waals surface area contributed by atoms with Gasteiger partial charge in [-0.2, -0.15) is 0 Å². The third-order valence-electron chi connectivity index (χ3n) is 0.627. The molecule has 0 aromatic heterocycles. The Balaban J connectivity index is 3.86. The fourth-order valence-corrected chi connectivity index (χ4v) is 0.314.